The minimum Gasteiger partial charge on any atom is -0.479 e. The first kappa shape index (κ1) is 12.4. The van der Waals surface area contributed by atoms with Gasteiger partial charge in [-0.25, -0.2) is 4.79 Å². The lowest BCUT2D eigenvalue weighted by Gasteiger charge is -2.18. The third-order valence-corrected chi connectivity index (χ3v) is 4.17. The Morgan fingerprint density at radius 2 is 2.00 bits per heavy atom. The summed E-state index contributed by atoms with van der Waals surface area (Å²) in [5.41, 5.74) is -1.67. The van der Waals surface area contributed by atoms with E-state index in [1.807, 2.05) is 0 Å². The molecule has 2 saturated carbocycles. The van der Waals surface area contributed by atoms with Crippen LogP contribution < -0.4 is 5.32 Å². The SMILES string of the molecule is CC(O)(CNC(=O)C1CC12CCCC2)C(=O)O. The van der Waals surface area contributed by atoms with Gasteiger partial charge in [0.05, 0.1) is 6.54 Å². The highest BCUT2D eigenvalue weighted by Gasteiger charge is 2.58. The zero-order chi connectivity index (χ0) is 12.7. The van der Waals surface area contributed by atoms with Crippen molar-refractivity contribution in [2.45, 2.75) is 44.6 Å². The van der Waals surface area contributed by atoms with Crippen LogP contribution in [0.3, 0.4) is 0 Å². The molecule has 2 aliphatic rings. The summed E-state index contributed by atoms with van der Waals surface area (Å²) >= 11 is 0. The zero-order valence-corrected chi connectivity index (χ0v) is 10.0. The molecule has 0 radical (unpaired) electrons. The van der Waals surface area contributed by atoms with Gasteiger partial charge in [-0.2, -0.15) is 0 Å². The maximum atomic E-state index is 11.8. The van der Waals surface area contributed by atoms with E-state index in [4.69, 9.17) is 5.11 Å². The maximum absolute atomic E-state index is 11.8. The van der Waals surface area contributed by atoms with E-state index in [2.05, 4.69) is 5.32 Å². The molecule has 0 aromatic rings. The number of amides is 1. The molecular weight excluding hydrogens is 222 g/mol. The van der Waals surface area contributed by atoms with Crippen LogP contribution in [0, 0.1) is 11.3 Å². The molecule has 0 aliphatic heterocycles. The van der Waals surface area contributed by atoms with E-state index in [9.17, 15) is 14.7 Å². The monoisotopic (exact) mass is 241 g/mol. The van der Waals surface area contributed by atoms with Crippen LogP contribution >= 0.6 is 0 Å². The molecule has 2 rings (SSSR count). The summed E-state index contributed by atoms with van der Waals surface area (Å²) in [6.07, 6.45) is 5.53. The zero-order valence-electron chi connectivity index (χ0n) is 10.0. The van der Waals surface area contributed by atoms with Gasteiger partial charge >= 0.3 is 5.97 Å². The van der Waals surface area contributed by atoms with Crippen LogP contribution in [0.4, 0.5) is 0 Å². The molecule has 0 heterocycles. The fourth-order valence-corrected chi connectivity index (χ4v) is 2.81. The van der Waals surface area contributed by atoms with Gasteiger partial charge in [0, 0.05) is 5.92 Å². The molecule has 5 nitrogen and oxygen atoms in total. The highest BCUT2D eigenvalue weighted by Crippen LogP contribution is 2.62. The lowest BCUT2D eigenvalue weighted by molar-refractivity contribution is -0.156. The second-order valence-corrected chi connectivity index (χ2v) is 5.62. The van der Waals surface area contributed by atoms with Crippen LogP contribution in [0.1, 0.15) is 39.0 Å². The van der Waals surface area contributed by atoms with Gasteiger partial charge in [0.15, 0.2) is 5.60 Å². The first-order valence-electron chi connectivity index (χ1n) is 6.11. The van der Waals surface area contributed by atoms with E-state index in [0.29, 0.717) is 0 Å². The Morgan fingerprint density at radius 3 is 2.53 bits per heavy atom. The van der Waals surface area contributed by atoms with Crippen LogP contribution in [0.5, 0.6) is 0 Å². The maximum Gasteiger partial charge on any atom is 0.337 e. The molecule has 0 aromatic heterocycles. The van der Waals surface area contributed by atoms with Crippen molar-refractivity contribution in [3.05, 3.63) is 0 Å². The quantitative estimate of drug-likeness (QED) is 0.669. The van der Waals surface area contributed by atoms with Crippen LogP contribution in [-0.2, 0) is 9.59 Å². The highest BCUT2D eigenvalue weighted by molar-refractivity contribution is 5.84. The Labute approximate surface area is 100 Å². The average Bonchev–Trinajstić information content (AvgIpc) is 2.73. The molecule has 2 unspecified atom stereocenters. The molecule has 2 aliphatic carbocycles. The van der Waals surface area contributed by atoms with E-state index in [0.717, 1.165) is 19.3 Å². The van der Waals surface area contributed by atoms with Gasteiger partial charge < -0.3 is 15.5 Å². The Bertz CT molecular complexity index is 344. The molecule has 1 amide bonds. The Morgan fingerprint density at radius 1 is 1.41 bits per heavy atom. The lowest BCUT2D eigenvalue weighted by Crippen LogP contribution is -2.47. The van der Waals surface area contributed by atoms with Crippen molar-refractivity contribution < 1.29 is 19.8 Å². The first-order chi connectivity index (χ1) is 7.87. The average molecular weight is 241 g/mol. The Balaban J connectivity index is 1.81. The van der Waals surface area contributed by atoms with Crippen molar-refractivity contribution in [1.82, 2.24) is 5.32 Å². The normalized spacial score (nSPS) is 28.7. The fraction of sp³-hybridized carbons (Fsp3) is 0.833. The third kappa shape index (κ3) is 2.29. The Kier molecular flexibility index (Phi) is 2.89. The first-order valence-corrected chi connectivity index (χ1v) is 6.11. The lowest BCUT2D eigenvalue weighted by atomic mass is 10.0. The predicted octanol–water partition coefficient (Wildman–Crippen LogP) is 0.518. The third-order valence-electron chi connectivity index (χ3n) is 4.17. The number of hydrogen-bond acceptors (Lipinski definition) is 3. The summed E-state index contributed by atoms with van der Waals surface area (Å²) in [6.45, 7) is 0.960. The van der Waals surface area contributed by atoms with E-state index in [1.165, 1.54) is 19.8 Å². The van der Waals surface area contributed by atoms with Gasteiger partial charge in [0.1, 0.15) is 0 Å². The topological polar surface area (TPSA) is 86.6 Å². The highest BCUT2D eigenvalue weighted by atomic mass is 16.4. The van der Waals surface area contributed by atoms with Crippen molar-refractivity contribution in [2.75, 3.05) is 6.54 Å². The molecule has 2 fully saturated rings. The molecule has 17 heavy (non-hydrogen) atoms. The van der Waals surface area contributed by atoms with Crippen molar-refractivity contribution in [3.63, 3.8) is 0 Å². The summed E-state index contributed by atoms with van der Waals surface area (Å²) in [5.74, 6) is -1.38. The van der Waals surface area contributed by atoms with Crippen molar-refractivity contribution in [3.8, 4) is 0 Å². The summed E-state index contributed by atoms with van der Waals surface area (Å²) in [4.78, 5) is 22.5. The number of carbonyl (C=O) groups is 2. The van der Waals surface area contributed by atoms with Crippen LogP contribution in [0.15, 0.2) is 0 Å². The summed E-state index contributed by atoms with van der Waals surface area (Å²) in [6, 6.07) is 0. The minimum atomic E-state index is -1.88. The number of carboxylic acids is 1. The van der Waals surface area contributed by atoms with Crippen LogP contribution in [0.2, 0.25) is 0 Å². The molecule has 96 valence electrons. The molecule has 0 bridgehead atoms. The second kappa shape index (κ2) is 3.98. The van der Waals surface area contributed by atoms with E-state index in [1.54, 1.807) is 0 Å². The Hall–Kier alpha value is -1.10. The van der Waals surface area contributed by atoms with Crippen molar-refractivity contribution in [2.24, 2.45) is 11.3 Å². The van der Waals surface area contributed by atoms with E-state index in [-0.39, 0.29) is 23.8 Å². The smallest absolute Gasteiger partial charge is 0.337 e. The number of aliphatic hydroxyl groups is 1. The minimum absolute atomic E-state index is 0.0367. The largest absolute Gasteiger partial charge is 0.479 e. The molecule has 1 spiro atoms. The van der Waals surface area contributed by atoms with E-state index < -0.39 is 11.6 Å². The molecule has 0 aromatic carbocycles. The van der Waals surface area contributed by atoms with Crippen LogP contribution in [-0.4, -0.2) is 34.2 Å². The summed E-state index contributed by atoms with van der Waals surface area (Å²) < 4.78 is 0. The predicted molar refractivity (Wildman–Crippen MR) is 60.3 cm³/mol. The molecule has 5 heteroatoms. The number of carbonyl (C=O) groups excluding carboxylic acids is 1. The van der Waals surface area contributed by atoms with E-state index >= 15 is 0 Å². The number of carboxylic acid groups (broad SMARTS) is 1. The summed E-state index contributed by atoms with van der Waals surface area (Å²) in [7, 11) is 0. The fourth-order valence-electron chi connectivity index (χ4n) is 2.81. The van der Waals surface area contributed by atoms with Gasteiger partial charge in [-0.3, -0.25) is 4.79 Å². The number of aliphatic carboxylic acids is 1. The second-order valence-electron chi connectivity index (χ2n) is 5.62. The number of hydrogen-bond donors (Lipinski definition) is 3. The van der Waals surface area contributed by atoms with Gasteiger partial charge in [0.2, 0.25) is 5.91 Å². The summed E-state index contributed by atoms with van der Waals surface area (Å²) in [5, 5.41) is 20.7. The van der Waals surface area contributed by atoms with Crippen LogP contribution in [0.25, 0.3) is 0 Å². The standard InChI is InChI=1S/C12H19NO4/c1-11(17,10(15)16)7-13-9(14)8-6-12(8)4-2-3-5-12/h8,17H,2-7H2,1H3,(H,13,14)(H,15,16). The van der Waals surface area contributed by atoms with Gasteiger partial charge in [0.25, 0.3) is 0 Å². The molecular formula is C12H19NO4. The molecule has 2 atom stereocenters. The number of nitrogens with one attached hydrogen (secondary N) is 1. The van der Waals surface area contributed by atoms with Gasteiger partial charge in [-0.15, -0.1) is 0 Å². The molecule has 0 saturated heterocycles. The number of rotatable bonds is 4. The van der Waals surface area contributed by atoms with Gasteiger partial charge in [-0.05, 0) is 31.6 Å². The van der Waals surface area contributed by atoms with Crippen molar-refractivity contribution in [1.29, 1.82) is 0 Å². The van der Waals surface area contributed by atoms with Gasteiger partial charge in [-0.1, -0.05) is 12.8 Å². The van der Waals surface area contributed by atoms with Crippen molar-refractivity contribution >= 4 is 11.9 Å². The molecule has 3 N–H and O–H groups in total.